The molecule has 1 unspecified atom stereocenters. The Morgan fingerprint density at radius 1 is 1.23 bits per heavy atom. The number of amides is 2. The number of carbonyl (C=O) groups excluding carboxylic acids is 2. The molecule has 120 valence electrons. The maximum absolute atomic E-state index is 12.2. The molecule has 1 atom stereocenters. The number of likely N-dealkylation sites (N-methyl/N-ethyl adjacent to an activating group) is 1. The second-order valence-corrected chi connectivity index (χ2v) is 5.16. The largest absolute Gasteiger partial charge is 0.480 e. The molecule has 0 aliphatic carbocycles. The zero-order valence-electron chi connectivity index (χ0n) is 12.9. The van der Waals surface area contributed by atoms with Crippen LogP contribution in [-0.4, -0.2) is 47.4 Å². The predicted molar refractivity (Wildman–Crippen MR) is 82.3 cm³/mol. The minimum absolute atomic E-state index is 0.191. The summed E-state index contributed by atoms with van der Waals surface area (Å²) in [5.74, 6) is -1.71. The Hall–Kier alpha value is -2.37. The summed E-state index contributed by atoms with van der Waals surface area (Å²) in [6, 6.07) is 8.55. The van der Waals surface area contributed by atoms with E-state index in [4.69, 9.17) is 5.11 Å². The molecule has 0 aliphatic heterocycles. The summed E-state index contributed by atoms with van der Waals surface area (Å²) in [6.45, 7) is 1.52. The lowest BCUT2D eigenvalue weighted by molar-refractivity contribution is -0.144. The number of carboxylic acid groups (broad SMARTS) is 1. The summed E-state index contributed by atoms with van der Waals surface area (Å²) >= 11 is 0. The molecule has 1 rings (SSSR count). The zero-order valence-corrected chi connectivity index (χ0v) is 12.9. The fraction of sp³-hybridized carbons (Fsp3) is 0.438. The zero-order chi connectivity index (χ0) is 16.5. The number of hydrogen-bond acceptors (Lipinski definition) is 3. The van der Waals surface area contributed by atoms with Gasteiger partial charge in [-0.2, -0.15) is 0 Å². The predicted octanol–water partition coefficient (Wildman–Crippen LogP) is 1.06. The van der Waals surface area contributed by atoms with Gasteiger partial charge in [-0.1, -0.05) is 43.7 Å². The number of hydrogen-bond donors (Lipinski definition) is 2. The monoisotopic (exact) mass is 306 g/mol. The van der Waals surface area contributed by atoms with E-state index in [0.29, 0.717) is 12.8 Å². The first-order valence-electron chi connectivity index (χ1n) is 7.24. The van der Waals surface area contributed by atoms with E-state index in [0.717, 1.165) is 10.5 Å². The van der Waals surface area contributed by atoms with Crippen molar-refractivity contribution in [1.82, 2.24) is 10.2 Å². The summed E-state index contributed by atoms with van der Waals surface area (Å²) in [5.41, 5.74) is 0.863. The van der Waals surface area contributed by atoms with Crippen molar-refractivity contribution in [2.24, 2.45) is 0 Å². The van der Waals surface area contributed by atoms with Crippen molar-refractivity contribution in [1.29, 1.82) is 0 Å². The molecule has 0 heterocycles. The van der Waals surface area contributed by atoms with Crippen LogP contribution >= 0.6 is 0 Å². The molecule has 0 spiro atoms. The molecule has 6 nitrogen and oxygen atoms in total. The van der Waals surface area contributed by atoms with E-state index in [-0.39, 0.29) is 24.8 Å². The van der Waals surface area contributed by atoms with E-state index in [2.05, 4.69) is 5.32 Å². The molecule has 2 amide bonds. The van der Waals surface area contributed by atoms with Gasteiger partial charge in [0.25, 0.3) is 0 Å². The molecule has 2 N–H and O–H groups in total. The molecule has 22 heavy (non-hydrogen) atoms. The van der Waals surface area contributed by atoms with Crippen LogP contribution in [0.15, 0.2) is 30.3 Å². The molecule has 0 aromatic heterocycles. The van der Waals surface area contributed by atoms with Crippen molar-refractivity contribution in [2.45, 2.75) is 32.2 Å². The average molecular weight is 306 g/mol. The lowest BCUT2D eigenvalue weighted by Crippen LogP contribution is -2.48. The van der Waals surface area contributed by atoms with Crippen LogP contribution in [0.4, 0.5) is 0 Å². The Morgan fingerprint density at radius 2 is 1.86 bits per heavy atom. The van der Waals surface area contributed by atoms with Crippen LogP contribution in [0.1, 0.15) is 25.3 Å². The van der Waals surface area contributed by atoms with Crippen LogP contribution in [0.5, 0.6) is 0 Å². The molecule has 0 saturated carbocycles. The number of benzene rings is 1. The molecule has 6 heteroatoms. The highest BCUT2D eigenvalue weighted by atomic mass is 16.4. The standard InChI is InChI=1S/C16H22N2O4/c1-3-7-13(16(22)18(2)11-15(20)21)17-14(19)10-12-8-5-4-6-9-12/h4-6,8-9,13H,3,7,10-11H2,1-2H3,(H,17,19)(H,20,21). The van der Waals surface area contributed by atoms with Crippen molar-refractivity contribution < 1.29 is 19.5 Å². The Morgan fingerprint density at radius 3 is 2.41 bits per heavy atom. The Bertz CT molecular complexity index is 516. The molecule has 0 bridgehead atoms. The molecule has 0 aliphatic rings. The highest BCUT2D eigenvalue weighted by Gasteiger charge is 2.24. The lowest BCUT2D eigenvalue weighted by Gasteiger charge is -2.23. The van der Waals surface area contributed by atoms with E-state index in [1.54, 1.807) is 0 Å². The van der Waals surface area contributed by atoms with Crippen molar-refractivity contribution in [3.8, 4) is 0 Å². The van der Waals surface area contributed by atoms with Gasteiger partial charge in [0.05, 0.1) is 6.42 Å². The number of carbonyl (C=O) groups is 3. The van der Waals surface area contributed by atoms with Gasteiger partial charge in [-0.3, -0.25) is 14.4 Å². The van der Waals surface area contributed by atoms with E-state index in [1.165, 1.54) is 7.05 Å². The van der Waals surface area contributed by atoms with Gasteiger partial charge in [-0.15, -0.1) is 0 Å². The van der Waals surface area contributed by atoms with Gasteiger partial charge in [-0.05, 0) is 12.0 Å². The second-order valence-electron chi connectivity index (χ2n) is 5.16. The summed E-state index contributed by atoms with van der Waals surface area (Å²) in [4.78, 5) is 36.0. The minimum Gasteiger partial charge on any atom is -0.480 e. The van der Waals surface area contributed by atoms with E-state index in [9.17, 15) is 14.4 Å². The summed E-state index contributed by atoms with van der Waals surface area (Å²) < 4.78 is 0. The summed E-state index contributed by atoms with van der Waals surface area (Å²) in [5, 5.41) is 11.4. The SMILES string of the molecule is CCCC(NC(=O)Cc1ccccc1)C(=O)N(C)CC(=O)O. The molecule has 0 radical (unpaired) electrons. The van der Waals surface area contributed by atoms with Gasteiger partial charge in [0.1, 0.15) is 12.6 Å². The molecular formula is C16H22N2O4. The number of rotatable bonds is 8. The van der Waals surface area contributed by atoms with Gasteiger partial charge in [0, 0.05) is 7.05 Å². The number of nitrogens with one attached hydrogen (secondary N) is 1. The van der Waals surface area contributed by atoms with E-state index < -0.39 is 12.0 Å². The first-order valence-corrected chi connectivity index (χ1v) is 7.24. The molecule has 0 saturated heterocycles. The summed E-state index contributed by atoms with van der Waals surface area (Å²) in [7, 11) is 1.42. The molecule has 1 aromatic carbocycles. The van der Waals surface area contributed by atoms with Gasteiger partial charge in [0.15, 0.2) is 0 Å². The van der Waals surface area contributed by atoms with Crippen LogP contribution in [0, 0.1) is 0 Å². The smallest absolute Gasteiger partial charge is 0.323 e. The van der Waals surface area contributed by atoms with Gasteiger partial charge >= 0.3 is 5.97 Å². The maximum Gasteiger partial charge on any atom is 0.323 e. The third-order valence-electron chi connectivity index (χ3n) is 3.17. The van der Waals surface area contributed by atoms with Gasteiger partial charge < -0.3 is 15.3 Å². The minimum atomic E-state index is -1.08. The van der Waals surface area contributed by atoms with Crippen molar-refractivity contribution >= 4 is 17.8 Å². The van der Waals surface area contributed by atoms with Crippen molar-refractivity contribution in [3.05, 3.63) is 35.9 Å². The second kappa shape index (κ2) is 8.81. The lowest BCUT2D eigenvalue weighted by atomic mass is 10.1. The summed E-state index contributed by atoms with van der Waals surface area (Å²) in [6.07, 6.45) is 1.38. The number of nitrogens with zero attached hydrogens (tertiary/aromatic N) is 1. The Kier molecular flexibility index (Phi) is 7.08. The van der Waals surface area contributed by atoms with Crippen LogP contribution in [0.2, 0.25) is 0 Å². The van der Waals surface area contributed by atoms with Crippen LogP contribution < -0.4 is 5.32 Å². The van der Waals surface area contributed by atoms with Crippen LogP contribution in [-0.2, 0) is 20.8 Å². The van der Waals surface area contributed by atoms with E-state index in [1.807, 2.05) is 37.3 Å². The normalized spacial score (nSPS) is 11.5. The first-order chi connectivity index (χ1) is 10.4. The fourth-order valence-electron chi connectivity index (χ4n) is 2.12. The Labute approximate surface area is 130 Å². The molecule has 0 fully saturated rings. The van der Waals surface area contributed by atoms with Crippen molar-refractivity contribution in [2.75, 3.05) is 13.6 Å². The number of aliphatic carboxylic acids is 1. The Balaban J connectivity index is 2.64. The molecule has 1 aromatic rings. The molecular weight excluding hydrogens is 284 g/mol. The fourth-order valence-corrected chi connectivity index (χ4v) is 2.12. The maximum atomic E-state index is 12.2. The third kappa shape index (κ3) is 5.95. The quantitative estimate of drug-likeness (QED) is 0.752. The van der Waals surface area contributed by atoms with Gasteiger partial charge in [-0.25, -0.2) is 0 Å². The van der Waals surface area contributed by atoms with E-state index >= 15 is 0 Å². The topological polar surface area (TPSA) is 86.7 Å². The first kappa shape index (κ1) is 17.7. The van der Waals surface area contributed by atoms with Gasteiger partial charge in [0.2, 0.25) is 11.8 Å². The third-order valence-corrected chi connectivity index (χ3v) is 3.17. The van der Waals surface area contributed by atoms with Crippen molar-refractivity contribution in [3.63, 3.8) is 0 Å². The van der Waals surface area contributed by atoms with Crippen LogP contribution in [0.25, 0.3) is 0 Å². The number of carboxylic acids is 1. The average Bonchev–Trinajstić information content (AvgIpc) is 2.46. The highest BCUT2D eigenvalue weighted by molar-refractivity contribution is 5.89. The van der Waals surface area contributed by atoms with Crippen LogP contribution in [0.3, 0.4) is 0 Å². The highest BCUT2D eigenvalue weighted by Crippen LogP contribution is 2.04.